The number of nitrogens with one attached hydrogen (secondary N) is 1. The van der Waals surface area contributed by atoms with Gasteiger partial charge in [-0.1, -0.05) is 30.3 Å². The second kappa shape index (κ2) is 8.35. The van der Waals surface area contributed by atoms with Gasteiger partial charge < -0.3 is 14.8 Å². The van der Waals surface area contributed by atoms with Gasteiger partial charge in [-0.3, -0.25) is 9.59 Å². The zero-order valence-electron chi connectivity index (χ0n) is 17.2. The smallest absolute Gasteiger partial charge is 0.354 e. The Morgan fingerprint density at radius 1 is 0.844 bits per heavy atom. The molecule has 1 N–H and O–H groups in total. The van der Waals surface area contributed by atoms with Crippen molar-refractivity contribution in [3.05, 3.63) is 83.6 Å². The fourth-order valence-corrected chi connectivity index (χ4v) is 3.59. The minimum absolute atomic E-state index is 0.153. The lowest BCUT2D eigenvalue weighted by molar-refractivity contribution is -0.138. The number of nitrogens with zero attached hydrogens (tertiary/aromatic N) is 1. The maximum Gasteiger partial charge on any atom is 0.354 e. The van der Waals surface area contributed by atoms with Gasteiger partial charge in [-0.25, -0.2) is 14.5 Å². The van der Waals surface area contributed by atoms with E-state index in [2.05, 4.69) is 10.1 Å². The van der Waals surface area contributed by atoms with Gasteiger partial charge in [0.2, 0.25) is 0 Å². The first kappa shape index (κ1) is 20.8. The largest absolute Gasteiger partial charge is 0.466 e. The predicted molar refractivity (Wildman–Crippen MR) is 117 cm³/mol. The summed E-state index contributed by atoms with van der Waals surface area (Å²) in [6.45, 7) is 0. The molecule has 0 aromatic heterocycles. The Balaban J connectivity index is 1.84. The fourth-order valence-electron chi connectivity index (χ4n) is 3.59. The Labute approximate surface area is 183 Å². The number of carbonyl (C=O) groups excluding carboxylic acids is 4. The number of carbonyl (C=O) groups is 4. The average Bonchev–Trinajstić information content (AvgIpc) is 2.82. The summed E-state index contributed by atoms with van der Waals surface area (Å²) in [6, 6.07) is 16.9. The number of para-hydroxylation sites is 1. The topological polar surface area (TPSA) is 102 Å². The van der Waals surface area contributed by atoms with E-state index in [9.17, 15) is 19.2 Å². The van der Waals surface area contributed by atoms with Crippen LogP contribution in [0, 0.1) is 0 Å². The zero-order chi connectivity index (χ0) is 22.8. The van der Waals surface area contributed by atoms with Crippen LogP contribution in [0.25, 0.3) is 10.8 Å². The quantitative estimate of drug-likeness (QED) is 0.376. The first-order chi connectivity index (χ1) is 15.5. The van der Waals surface area contributed by atoms with E-state index in [4.69, 9.17) is 4.74 Å². The van der Waals surface area contributed by atoms with E-state index >= 15 is 0 Å². The second-order valence-electron chi connectivity index (χ2n) is 6.87. The van der Waals surface area contributed by atoms with Gasteiger partial charge in [0.1, 0.15) is 5.70 Å². The second-order valence-corrected chi connectivity index (χ2v) is 6.87. The Bertz CT molecular complexity index is 1270. The molecule has 32 heavy (non-hydrogen) atoms. The summed E-state index contributed by atoms with van der Waals surface area (Å²) >= 11 is 0. The van der Waals surface area contributed by atoms with Crippen molar-refractivity contribution in [2.45, 2.75) is 0 Å². The standard InChI is InChI=1S/C24H18N2O6/c1-31-20(27)13-19(24(30)32-2)25-18-12-11-17-21-15(18)9-6-10-16(21)22(28)26(23(17)29)14-7-4-3-5-8-14/h3-13,25H,1-2H3/b19-13+. The van der Waals surface area contributed by atoms with Crippen molar-refractivity contribution in [2.24, 2.45) is 0 Å². The number of esters is 2. The monoisotopic (exact) mass is 430 g/mol. The molecular weight excluding hydrogens is 412 g/mol. The van der Waals surface area contributed by atoms with Crippen molar-refractivity contribution in [3.63, 3.8) is 0 Å². The number of benzene rings is 3. The number of ether oxygens (including phenoxy) is 2. The summed E-state index contributed by atoms with van der Waals surface area (Å²) in [6.07, 6.45) is 0.967. The van der Waals surface area contributed by atoms with Gasteiger partial charge in [-0.2, -0.15) is 0 Å². The lowest BCUT2D eigenvalue weighted by atomic mass is 9.92. The van der Waals surface area contributed by atoms with E-state index in [1.165, 1.54) is 14.2 Å². The van der Waals surface area contributed by atoms with E-state index in [0.29, 0.717) is 33.3 Å². The van der Waals surface area contributed by atoms with Crippen LogP contribution in [-0.4, -0.2) is 38.0 Å². The molecule has 8 heteroatoms. The van der Waals surface area contributed by atoms with E-state index in [-0.39, 0.29) is 5.70 Å². The van der Waals surface area contributed by atoms with E-state index in [1.54, 1.807) is 60.7 Å². The molecule has 8 nitrogen and oxygen atoms in total. The number of anilines is 2. The molecule has 3 aromatic rings. The van der Waals surface area contributed by atoms with Gasteiger partial charge in [0.15, 0.2) is 0 Å². The van der Waals surface area contributed by atoms with Crippen LogP contribution in [0.5, 0.6) is 0 Å². The van der Waals surface area contributed by atoms with Crippen molar-refractivity contribution >= 4 is 45.9 Å². The summed E-state index contributed by atoms with van der Waals surface area (Å²) in [5.74, 6) is -2.42. The first-order valence-corrected chi connectivity index (χ1v) is 9.60. The Morgan fingerprint density at radius 2 is 1.53 bits per heavy atom. The number of hydrogen-bond acceptors (Lipinski definition) is 7. The van der Waals surface area contributed by atoms with E-state index < -0.39 is 23.8 Å². The SMILES string of the molecule is COC(=O)/C=C(/Nc1ccc2c3c(cccc13)C(=O)N(c1ccccc1)C2=O)C(=O)OC. The molecule has 0 unspecified atom stereocenters. The minimum Gasteiger partial charge on any atom is -0.466 e. The molecule has 0 saturated carbocycles. The highest BCUT2D eigenvalue weighted by molar-refractivity contribution is 6.36. The Hall–Kier alpha value is -4.46. The average molecular weight is 430 g/mol. The number of methoxy groups -OCH3 is 2. The highest BCUT2D eigenvalue weighted by Crippen LogP contribution is 2.36. The predicted octanol–water partition coefficient (Wildman–Crippen LogP) is 3.28. The van der Waals surface area contributed by atoms with Crippen LogP contribution in [0.2, 0.25) is 0 Å². The minimum atomic E-state index is -0.779. The van der Waals surface area contributed by atoms with Crippen LogP contribution >= 0.6 is 0 Å². The molecule has 1 aliphatic heterocycles. The third-order valence-electron chi connectivity index (χ3n) is 5.06. The molecule has 0 radical (unpaired) electrons. The molecule has 2 amide bonds. The van der Waals surface area contributed by atoms with Crippen molar-refractivity contribution in [2.75, 3.05) is 24.4 Å². The summed E-state index contributed by atoms with van der Waals surface area (Å²) < 4.78 is 9.32. The van der Waals surface area contributed by atoms with Crippen molar-refractivity contribution < 1.29 is 28.7 Å². The van der Waals surface area contributed by atoms with Gasteiger partial charge in [0.25, 0.3) is 11.8 Å². The first-order valence-electron chi connectivity index (χ1n) is 9.60. The van der Waals surface area contributed by atoms with Crippen molar-refractivity contribution in [1.82, 2.24) is 0 Å². The molecule has 0 spiro atoms. The normalized spacial score (nSPS) is 13.2. The number of rotatable bonds is 5. The molecule has 0 fully saturated rings. The summed E-state index contributed by atoms with van der Waals surface area (Å²) in [5.41, 5.74) is 1.43. The lowest BCUT2D eigenvalue weighted by Crippen LogP contribution is -2.40. The molecule has 160 valence electrons. The van der Waals surface area contributed by atoms with Gasteiger partial charge in [-0.15, -0.1) is 0 Å². The van der Waals surface area contributed by atoms with Gasteiger partial charge >= 0.3 is 11.9 Å². The lowest BCUT2D eigenvalue weighted by Gasteiger charge is -2.28. The molecule has 0 aliphatic carbocycles. The maximum absolute atomic E-state index is 13.2. The van der Waals surface area contributed by atoms with Crippen LogP contribution in [-0.2, 0) is 19.1 Å². The summed E-state index contributed by atoms with van der Waals surface area (Å²) in [5, 5.41) is 3.86. The number of amides is 2. The molecule has 0 bridgehead atoms. The Kier molecular flexibility index (Phi) is 5.43. The summed E-state index contributed by atoms with van der Waals surface area (Å²) in [4.78, 5) is 51.4. The van der Waals surface area contributed by atoms with E-state index in [0.717, 1.165) is 11.0 Å². The third kappa shape index (κ3) is 3.47. The molecule has 1 heterocycles. The Morgan fingerprint density at radius 3 is 2.19 bits per heavy atom. The van der Waals surface area contributed by atoms with Gasteiger partial charge in [0.05, 0.1) is 26.0 Å². The highest BCUT2D eigenvalue weighted by atomic mass is 16.5. The highest BCUT2D eigenvalue weighted by Gasteiger charge is 2.34. The van der Waals surface area contributed by atoms with Crippen molar-refractivity contribution in [3.8, 4) is 0 Å². The van der Waals surface area contributed by atoms with Crippen molar-refractivity contribution in [1.29, 1.82) is 0 Å². The zero-order valence-corrected chi connectivity index (χ0v) is 17.2. The molecular formula is C24H18N2O6. The van der Waals surface area contributed by atoms with Crippen LogP contribution < -0.4 is 10.2 Å². The molecule has 1 aliphatic rings. The number of imide groups is 1. The number of hydrogen-bond donors (Lipinski definition) is 1. The molecule has 0 atom stereocenters. The third-order valence-corrected chi connectivity index (χ3v) is 5.06. The van der Waals surface area contributed by atoms with E-state index in [1.807, 2.05) is 0 Å². The van der Waals surface area contributed by atoms with Crippen LogP contribution in [0.15, 0.2) is 72.4 Å². The summed E-state index contributed by atoms with van der Waals surface area (Å²) in [7, 11) is 2.37. The molecule has 3 aromatic carbocycles. The van der Waals surface area contributed by atoms with Gasteiger partial charge in [-0.05, 0) is 30.3 Å². The maximum atomic E-state index is 13.2. The fraction of sp³-hybridized carbons (Fsp3) is 0.0833. The van der Waals surface area contributed by atoms with Gasteiger partial charge in [0, 0.05) is 27.6 Å². The van der Waals surface area contributed by atoms with Crippen LogP contribution in [0.3, 0.4) is 0 Å². The van der Waals surface area contributed by atoms with Crippen LogP contribution in [0.4, 0.5) is 11.4 Å². The molecule has 0 saturated heterocycles. The molecule has 4 rings (SSSR count). The van der Waals surface area contributed by atoms with Crippen LogP contribution in [0.1, 0.15) is 20.7 Å².